The first-order valence-electron chi connectivity index (χ1n) is 6.42. The van der Waals surface area contributed by atoms with Gasteiger partial charge >= 0.3 is 0 Å². The van der Waals surface area contributed by atoms with E-state index in [9.17, 15) is 4.79 Å². The molecule has 20 heavy (non-hydrogen) atoms. The Morgan fingerprint density at radius 1 is 1.40 bits per heavy atom. The Kier molecular flexibility index (Phi) is 3.92. The van der Waals surface area contributed by atoms with E-state index in [2.05, 4.69) is 0 Å². The van der Waals surface area contributed by atoms with Crippen molar-refractivity contribution in [3.63, 3.8) is 0 Å². The van der Waals surface area contributed by atoms with E-state index >= 15 is 0 Å². The third-order valence-electron chi connectivity index (χ3n) is 2.90. The topological polar surface area (TPSA) is 39.4 Å². The molecule has 0 N–H and O–H groups in total. The molecule has 1 aliphatic rings. The Balaban J connectivity index is 1.65. The molecule has 2 heterocycles. The molecule has 1 aromatic heterocycles. The van der Waals surface area contributed by atoms with Crippen LogP contribution >= 0.6 is 11.8 Å². The van der Waals surface area contributed by atoms with Crippen molar-refractivity contribution in [1.82, 2.24) is 0 Å². The summed E-state index contributed by atoms with van der Waals surface area (Å²) >= 11 is 1.89. The summed E-state index contributed by atoms with van der Waals surface area (Å²) in [7, 11) is 0. The summed E-state index contributed by atoms with van der Waals surface area (Å²) < 4.78 is 10.8. The van der Waals surface area contributed by atoms with Crippen LogP contribution in [-0.4, -0.2) is 23.4 Å². The van der Waals surface area contributed by atoms with Crippen LogP contribution in [0.3, 0.4) is 0 Å². The molecule has 1 unspecified atom stereocenters. The lowest BCUT2D eigenvalue weighted by Gasteiger charge is -2.05. The zero-order valence-corrected chi connectivity index (χ0v) is 11.6. The van der Waals surface area contributed by atoms with E-state index in [1.165, 1.54) is 11.8 Å². The molecule has 4 heteroatoms. The third-order valence-corrected chi connectivity index (χ3v) is 3.84. The number of hydrogen-bond acceptors (Lipinski definition) is 4. The highest BCUT2D eigenvalue weighted by atomic mass is 32.2. The predicted molar refractivity (Wildman–Crippen MR) is 80.3 cm³/mol. The van der Waals surface area contributed by atoms with Crippen molar-refractivity contribution in [2.45, 2.75) is 5.25 Å². The van der Waals surface area contributed by atoms with Crippen molar-refractivity contribution in [1.29, 1.82) is 0 Å². The van der Waals surface area contributed by atoms with Gasteiger partial charge in [0.05, 0.1) is 6.26 Å². The van der Waals surface area contributed by atoms with Gasteiger partial charge in [-0.25, -0.2) is 0 Å². The van der Waals surface area contributed by atoms with Crippen LogP contribution in [0.1, 0.15) is 16.1 Å². The first-order valence-corrected chi connectivity index (χ1v) is 7.46. The lowest BCUT2D eigenvalue weighted by Crippen LogP contribution is -2.03. The molecule has 3 nitrogen and oxygen atoms in total. The molecule has 1 aromatic carbocycles. The summed E-state index contributed by atoms with van der Waals surface area (Å²) in [6.07, 6.45) is 4.75. The van der Waals surface area contributed by atoms with E-state index in [0.29, 0.717) is 23.2 Å². The first kappa shape index (κ1) is 13.1. The molecule has 1 atom stereocenters. The minimum Gasteiger partial charge on any atom is -0.492 e. The maximum absolute atomic E-state index is 12.1. The summed E-state index contributed by atoms with van der Waals surface area (Å²) in [5.41, 5.74) is 0.619. The van der Waals surface area contributed by atoms with Crippen LogP contribution in [0, 0.1) is 0 Å². The molecule has 102 valence electrons. The van der Waals surface area contributed by atoms with Gasteiger partial charge in [-0.3, -0.25) is 4.79 Å². The quantitative estimate of drug-likeness (QED) is 0.461. The first-order chi connectivity index (χ1) is 9.81. The fourth-order valence-electron chi connectivity index (χ4n) is 1.73. The number of allylic oxidation sites excluding steroid dienone is 1. The highest BCUT2D eigenvalue weighted by Crippen LogP contribution is 2.30. The van der Waals surface area contributed by atoms with Gasteiger partial charge in [-0.05, 0) is 36.4 Å². The Labute approximate surface area is 121 Å². The lowest BCUT2D eigenvalue weighted by molar-refractivity contribution is 0.104. The van der Waals surface area contributed by atoms with Crippen LogP contribution < -0.4 is 4.74 Å². The lowest BCUT2D eigenvalue weighted by atomic mass is 10.1. The summed E-state index contributed by atoms with van der Waals surface area (Å²) in [5.74, 6) is 2.52. The van der Waals surface area contributed by atoms with Crippen molar-refractivity contribution < 1.29 is 13.9 Å². The number of benzene rings is 1. The SMILES string of the molecule is O=C(/C=C/c1ccco1)c1cccc(OCC2CS2)c1. The fraction of sp³-hybridized carbons (Fsp3) is 0.188. The second kappa shape index (κ2) is 6.01. The smallest absolute Gasteiger partial charge is 0.186 e. The van der Waals surface area contributed by atoms with Gasteiger partial charge in [-0.2, -0.15) is 11.8 Å². The molecule has 1 fully saturated rings. The molecule has 1 saturated heterocycles. The monoisotopic (exact) mass is 286 g/mol. The molecule has 3 rings (SSSR count). The molecule has 0 saturated carbocycles. The highest BCUT2D eigenvalue weighted by molar-refractivity contribution is 8.06. The number of ether oxygens (including phenoxy) is 1. The Bertz CT molecular complexity index is 612. The van der Waals surface area contributed by atoms with Crippen molar-refractivity contribution in [3.05, 3.63) is 60.1 Å². The second-order valence-corrected chi connectivity index (χ2v) is 5.84. The van der Waals surface area contributed by atoms with Crippen LogP contribution in [0.2, 0.25) is 0 Å². The van der Waals surface area contributed by atoms with E-state index in [0.717, 1.165) is 5.75 Å². The number of furan rings is 1. The third kappa shape index (κ3) is 3.54. The van der Waals surface area contributed by atoms with Gasteiger partial charge in [0, 0.05) is 16.6 Å². The molecular weight excluding hydrogens is 272 g/mol. The summed E-state index contributed by atoms with van der Waals surface area (Å²) in [6, 6.07) is 10.9. The van der Waals surface area contributed by atoms with Crippen molar-refractivity contribution in [3.8, 4) is 5.75 Å². The molecule has 2 aromatic rings. The predicted octanol–water partition coefficient (Wildman–Crippen LogP) is 3.67. The molecular formula is C16H14O3S. The standard InChI is InChI=1S/C16H14O3S/c17-16(7-6-13-5-2-8-18-13)12-3-1-4-14(9-12)19-10-15-11-20-15/h1-9,15H,10-11H2/b7-6+. The van der Waals surface area contributed by atoms with E-state index < -0.39 is 0 Å². The summed E-state index contributed by atoms with van der Waals surface area (Å²) in [4.78, 5) is 12.1. The van der Waals surface area contributed by atoms with Crippen LogP contribution in [0.15, 0.2) is 53.2 Å². The van der Waals surface area contributed by atoms with E-state index in [1.54, 1.807) is 36.6 Å². The van der Waals surface area contributed by atoms with Crippen LogP contribution in [0.25, 0.3) is 6.08 Å². The number of carbonyl (C=O) groups excluding carboxylic acids is 1. The van der Waals surface area contributed by atoms with Crippen LogP contribution in [0.5, 0.6) is 5.75 Å². The van der Waals surface area contributed by atoms with Crippen LogP contribution in [-0.2, 0) is 0 Å². The van der Waals surface area contributed by atoms with E-state index in [1.807, 2.05) is 23.9 Å². The van der Waals surface area contributed by atoms with Gasteiger partial charge in [0.25, 0.3) is 0 Å². The molecule has 0 spiro atoms. The average molecular weight is 286 g/mol. The van der Waals surface area contributed by atoms with Gasteiger partial charge in [0.2, 0.25) is 0 Å². The Morgan fingerprint density at radius 3 is 3.05 bits per heavy atom. The largest absolute Gasteiger partial charge is 0.492 e. The highest BCUT2D eigenvalue weighted by Gasteiger charge is 2.22. The fourth-order valence-corrected chi connectivity index (χ4v) is 2.13. The van der Waals surface area contributed by atoms with Crippen molar-refractivity contribution in [2.75, 3.05) is 12.4 Å². The summed E-state index contributed by atoms with van der Waals surface area (Å²) in [5, 5.41) is 0.619. The minimum atomic E-state index is -0.0624. The summed E-state index contributed by atoms with van der Waals surface area (Å²) in [6.45, 7) is 0.713. The van der Waals surface area contributed by atoms with Gasteiger partial charge in [0.1, 0.15) is 18.1 Å². The molecule has 0 amide bonds. The Morgan fingerprint density at radius 2 is 2.30 bits per heavy atom. The van der Waals surface area contributed by atoms with Gasteiger partial charge in [0.15, 0.2) is 5.78 Å². The number of ketones is 1. The normalized spacial score (nSPS) is 17.3. The maximum atomic E-state index is 12.1. The van der Waals surface area contributed by atoms with E-state index in [4.69, 9.17) is 9.15 Å². The number of hydrogen-bond donors (Lipinski definition) is 0. The zero-order chi connectivity index (χ0) is 13.8. The Hall–Kier alpha value is -1.94. The average Bonchev–Trinajstić information content (AvgIpc) is 3.17. The molecule has 0 aliphatic carbocycles. The molecule has 0 radical (unpaired) electrons. The van der Waals surface area contributed by atoms with Gasteiger partial charge < -0.3 is 9.15 Å². The van der Waals surface area contributed by atoms with Crippen LogP contribution in [0.4, 0.5) is 0 Å². The number of thioether (sulfide) groups is 1. The molecule has 1 aliphatic heterocycles. The van der Waals surface area contributed by atoms with E-state index in [-0.39, 0.29) is 5.78 Å². The minimum absolute atomic E-state index is 0.0624. The van der Waals surface area contributed by atoms with Gasteiger partial charge in [-0.15, -0.1) is 0 Å². The van der Waals surface area contributed by atoms with Crippen molar-refractivity contribution >= 4 is 23.6 Å². The second-order valence-electron chi connectivity index (χ2n) is 4.51. The molecule has 0 bridgehead atoms. The van der Waals surface area contributed by atoms with Gasteiger partial charge in [-0.1, -0.05) is 12.1 Å². The number of rotatable bonds is 6. The zero-order valence-electron chi connectivity index (χ0n) is 10.8. The number of carbonyl (C=O) groups is 1. The maximum Gasteiger partial charge on any atom is 0.186 e. The van der Waals surface area contributed by atoms with Crippen molar-refractivity contribution in [2.24, 2.45) is 0 Å².